The van der Waals surface area contributed by atoms with Crippen LogP contribution in [0, 0.1) is 0 Å². The molecule has 0 saturated heterocycles. The van der Waals surface area contributed by atoms with Crippen molar-refractivity contribution in [1.82, 2.24) is 5.32 Å². The maximum atomic E-state index is 11.8. The average Bonchev–Trinajstić information content (AvgIpc) is 2.42. The summed E-state index contributed by atoms with van der Waals surface area (Å²) in [5.74, 6) is -1.13. The summed E-state index contributed by atoms with van der Waals surface area (Å²) in [5, 5.41) is 11.6. The Kier molecular flexibility index (Phi) is 6.02. The fraction of sp³-hybridized carbons (Fsp3) is 0.429. The number of benzene rings is 1. The summed E-state index contributed by atoms with van der Waals surface area (Å²) in [5.41, 5.74) is 6.56. The minimum absolute atomic E-state index is 0.00119. The summed E-state index contributed by atoms with van der Waals surface area (Å²) in [6.45, 7) is 1.83. The van der Waals surface area contributed by atoms with Crippen molar-refractivity contribution >= 4 is 11.9 Å². The molecule has 19 heavy (non-hydrogen) atoms. The van der Waals surface area contributed by atoms with Gasteiger partial charge in [0.15, 0.2) is 0 Å². The third kappa shape index (κ3) is 5.09. The van der Waals surface area contributed by atoms with Crippen LogP contribution in [0.2, 0.25) is 0 Å². The van der Waals surface area contributed by atoms with Gasteiger partial charge in [-0.05, 0) is 18.4 Å². The van der Waals surface area contributed by atoms with Crippen LogP contribution in [0.25, 0.3) is 0 Å². The van der Waals surface area contributed by atoms with E-state index < -0.39 is 12.0 Å². The molecule has 0 saturated carbocycles. The second kappa shape index (κ2) is 7.53. The predicted molar refractivity (Wildman–Crippen MR) is 72.5 cm³/mol. The highest BCUT2D eigenvalue weighted by Crippen LogP contribution is 2.18. The molecule has 2 atom stereocenters. The van der Waals surface area contributed by atoms with Gasteiger partial charge in [0.25, 0.3) is 0 Å². The Morgan fingerprint density at radius 2 is 1.95 bits per heavy atom. The van der Waals surface area contributed by atoms with Crippen LogP contribution in [0.4, 0.5) is 0 Å². The van der Waals surface area contributed by atoms with E-state index in [-0.39, 0.29) is 18.4 Å². The lowest BCUT2D eigenvalue weighted by molar-refractivity contribution is -0.137. The molecule has 1 amide bonds. The zero-order valence-corrected chi connectivity index (χ0v) is 11.0. The Labute approximate surface area is 112 Å². The van der Waals surface area contributed by atoms with Crippen LogP contribution >= 0.6 is 0 Å². The minimum Gasteiger partial charge on any atom is -0.481 e. The number of carbonyl (C=O) groups excluding carboxylic acids is 1. The van der Waals surface area contributed by atoms with Gasteiger partial charge < -0.3 is 16.2 Å². The van der Waals surface area contributed by atoms with Gasteiger partial charge in [0.05, 0.1) is 12.1 Å². The molecule has 5 nitrogen and oxygen atoms in total. The molecular formula is C14H20N2O3. The third-order valence-electron chi connectivity index (χ3n) is 2.94. The molecule has 5 heteroatoms. The fourth-order valence-corrected chi connectivity index (χ4v) is 1.74. The number of aliphatic carboxylic acids is 1. The van der Waals surface area contributed by atoms with Crippen LogP contribution in [0.3, 0.4) is 0 Å². The van der Waals surface area contributed by atoms with Crippen LogP contribution in [0.5, 0.6) is 0 Å². The summed E-state index contributed by atoms with van der Waals surface area (Å²) in [7, 11) is 0. The Bertz CT molecular complexity index is 420. The second-order valence-electron chi connectivity index (χ2n) is 4.42. The zero-order chi connectivity index (χ0) is 14.3. The topological polar surface area (TPSA) is 92.4 Å². The van der Waals surface area contributed by atoms with E-state index >= 15 is 0 Å². The Balaban J connectivity index is 2.75. The van der Waals surface area contributed by atoms with Crippen LogP contribution in [-0.4, -0.2) is 23.0 Å². The molecule has 1 aromatic rings. The molecule has 4 N–H and O–H groups in total. The highest BCUT2D eigenvalue weighted by Gasteiger charge is 2.18. The number of hydrogen-bond donors (Lipinski definition) is 3. The normalized spacial score (nSPS) is 13.6. The number of rotatable bonds is 7. The number of nitrogens with two attached hydrogens (primary N) is 1. The molecule has 0 heterocycles. The molecular weight excluding hydrogens is 244 g/mol. The lowest BCUT2D eigenvalue weighted by Gasteiger charge is -2.20. The van der Waals surface area contributed by atoms with E-state index in [1.165, 1.54) is 0 Å². The average molecular weight is 264 g/mol. The lowest BCUT2D eigenvalue weighted by Crippen LogP contribution is -2.41. The summed E-state index contributed by atoms with van der Waals surface area (Å²) in [6.07, 6.45) is 0.898. The first-order chi connectivity index (χ1) is 9.04. The van der Waals surface area contributed by atoms with Crippen molar-refractivity contribution in [3.05, 3.63) is 35.9 Å². The zero-order valence-electron chi connectivity index (χ0n) is 11.0. The molecule has 0 aliphatic rings. The fourth-order valence-electron chi connectivity index (χ4n) is 1.74. The van der Waals surface area contributed by atoms with Gasteiger partial charge in [-0.1, -0.05) is 37.3 Å². The van der Waals surface area contributed by atoms with E-state index in [2.05, 4.69) is 5.32 Å². The van der Waals surface area contributed by atoms with Gasteiger partial charge in [0, 0.05) is 6.42 Å². The number of carboxylic acid groups (broad SMARTS) is 1. The summed E-state index contributed by atoms with van der Waals surface area (Å²) in [4.78, 5) is 22.5. The lowest BCUT2D eigenvalue weighted by atomic mass is 10.0. The van der Waals surface area contributed by atoms with Gasteiger partial charge in [-0.3, -0.25) is 9.59 Å². The first kappa shape index (κ1) is 15.2. The van der Waals surface area contributed by atoms with Crippen molar-refractivity contribution in [2.45, 2.75) is 38.3 Å². The van der Waals surface area contributed by atoms with Gasteiger partial charge >= 0.3 is 5.97 Å². The first-order valence-electron chi connectivity index (χ1n) is 6.37. The van der Waals surface area contributed by atoms with E-state index in [0.29, 0.717) is 12.8 Å². The summed E-state index contributed by atoms with van der Waals surface area (Å²) < 4.78 is 0. The Morgan fingerprint density at radius 1 is 1.32 bits per heavy atom. The van der Waals surface area contributed by atoms with Crippen molar-refractivity contribution in [1.29, 1.82) is 0 Å². The van der Waals surface area contributed by atoms with Gasteiger partial charge in [-0.25, -0.2) is 0 Å². The molecule has 0 aliphatic heterocycles. The number of hydrogen-bond acceptors (Lipinski definition) is 3. The van der Waals surface area contributed by atoms with Crippen LogP contribution in [0.1, 0.15) is 37.8 Å². The Morgan fingerprint density at radius 3 is 2.47 bits per heavy atom. The number of amides is 1. The molecule has 0 bridgehead atoms. The minimum atomic E-state index is -0.880. The maximum Gasteiger partial charge on any atom is 0.303 e. The second-order valence-corrected chi connectivity index (χ2v) is 4.42. The van der Waals surface area contributed by atoms with Crippen molar-refractivity contribution < 1.29 is 14.7 Å². The van der Waals surface area contributed by atoms with Crippen LogP contribution in [-0.2, 0) is 9.59 Å². The smallest absolute Gasteiger partial charge is 0.303 e. The van der Waals surface area contributed by atoms with Gasteiger partial charge in [-0.2, -0.15) is 0 Å². The Hall–Kier alpha value is -1.88. The predicted octanol–water partition coefficient (Wildman–Crippen LogP) is 1.45. The van der Waals surface area contributed by atoms with Crippen molar-refractivity contribution in [3.63, 3.8) is 0 Å². The molecule has 1 aromatic carbocycles. The largest absolute Gasteiger partial charge is 0.481 e. The number of nitrogens with one attached hydrogen (secondary N) is 1. The molecule has 0 fully saturated rings. The van der Waals surface area contributed by atoms with Crippen molar-refractivity contribution in [2.24, 2.45) is 5.73 Å². The van der Waals surface area contributed by atoms with Crippen LogP contribution in [0.15, 0.2) is 30.3 Å². The monoisotopic (exact) mass is 264 g/mol. The molecule has 1 unspecified atom stereocenters. The van der Waals surface area contributed by atoms with Gasteiger partial charge in [0.2, 0.25) is 5.91 Å². The quantitative estimate of drug-likeness (QED) is 0.695. The molecule has 0 aliphatic carbocycles. The maximum absolute atomic E-state index is 11.8. The van der Waals surface area contributed by atoms with Crippen LogP contribution < -0.4 is 11.1 Å². The molecule has 104 valence electrons. The van der Waals surface area contributed by atoms with Gasteiger partial charge in [-0.15, -0.1) is 0 Å². The van der Waals surface area contributed by atoms with E-state index in [0.717, 1.165) is 5.56 Å². The highest BCUT2D eigenvalue weighted by molar-refractivity contribution is 5.81. The first-order valence-corrected chi connectivity index (χ1v) is 6.37. The SMILES string of the molecule is CC[C@H](N)C(=O)NC(CCC(=O)O)c1ccccc1. The molecule has 0 spiro atoms. The third-order valence-corrected chi connectivity index (χ3v) is 2.94. The van der Waals surface area contributed by atoms with Crippen molar-refractivity contribution in [2.75, 3.05) is 0 Å². The molecule has 1 rings (SSSR count). The number of carbonyl (C=O) groups is 2. The number of carboxylic acids is 1. The van der Waals surface area contributed by atoms with E-state index in [1.807, 2.05) is 37.3 Å². The van der Waals surface area contributed by atoms with E-state index in [9.17, 15) is 9.59 Å². The standard InChI is InChI=1S/C14H20N2O3/c1-2-11(15)14(19)16-12(8-9-13(17)18)10-6-4-3-5-7-10/h3-7,11-12H,2,8-9,15H2,1H3,(H,16,19)(H,17,18)/t11-,12?/m0/s1. The summed E-state index contributed by atoms with van der Waals surface area (Å²) in [6, 6.07) is 8.44. The highest BCUT2D eigenvalue weighted by atomic mass is 16.4. The van der Waals surface area contributed by atoms with E-state index in [4.69, 9.17) is 10.8 Å². The summed E-state index contributed by atoms with van der Waals surface area (Å²) >= 11 is 0. The molecule has 0 radical (unpaired) electrons. The van der Waals surface area contributed by atoms with Gasteiger partial charge in [0.1, 0.15) is 0 Å². The van der Waals surface area contributed by atoms with Crippen molar-refractivity contribution in [3.8, 4) is 0 Å². The van der Waals surface area contributed by atoms with E-state index in [1.54, 1.807) is 0 Å². The molecule has 0 aromatic heterocycles.